The molecular formula is C21H25NO3. The Kier molecular flexibility index (Phi) is 6.90. The summed E-state index contributed by atoms with van der Waals surface area (Å²) < 4.78 is 0. The highest BCUT2D eigenvalue weighted by Crippen LogP contribution is 2.18. The summed E-state index contributed by atoms with van der Waals surface area (Å²) in [6, 6.07) is 19.4. The van der Waals surface area contributed by atoms with Gasteiger partial charge >= 0.3 is 5.97 Å². The fourth-order valence-corrected chi connectivity index (χ4v) is 2.93. The van der Waals surface area contributed by atoms with Crippen molar-refractivity contribution >= 4 is 11.8 Å². The largest absolute Gasteiger partial charge is 0.481 e. The van der Waals surface area contributed by atoms with E-state index < -0.39 is 17.9 Å². The van der Waals surface area contributed by atoms with Crippen molar-refractivity contribution in [2.24, 2.45) is 5.92 Å². The molecule has 0 saturated carbocycles. The van der Waals surface area contributed by atoms with E-state index in [0.29, 0.717) is 19.5 Å². The summed E-state index contributed by atoms with van der Waals surface area (Å²) in [6.45, 7) is 4.74. The third-order valence-corrected chi connectivity index (χ3v) is 4.47. The Hall–Kier alpha value is -2.46. The molecule has 0 amide bonds. The average Bonchev–Trinajstić information content (AvgIpc) is 2.62. The number of nitrogens with zero attached hydrogens (tertiary/aromatic N) is 1. The van der Waals surface area contributed by atoms with Crippen LogP contribution in [0.2, 0.25) is 0 Å². The molecule has 0 fully saturated rings. The Morgan fingerprint density at radius 1 is 0.920 bits per heavy atom. The predicted octanol–water partition coefficient (Wildman–Crippen LogP) is 3.76. The van der Waals surface area contributed by atoms with Gasteiger partial charge in [-0.15, -0.1) is 0 Å². The van der Waals surface area contributed by atoms with E-state index in [9.17, 15) is 14.7 Å². The lowest BCUT2D eigenvalue weighted by atomic mass is 9.95. The molecule has 25 heavy (non-hydrogen) atoms. The summed E-state index contributed by atoms with van der Waals surface area (Å²) in [7, 11) is 0. The van der Waals surface area contributed by atoms with Crippen LogP contribution >= 0.6 is 0 Å². The van der Waals surface area contributed by atoms with Crippen LogP contribution in [0.1, 0.15) is 31.4 Å². The summed E-state index contributed by atoms with van der Waals surface area (Å²) >= 11 is 0. The van der Waals surface area contributed by atoms with Crippen LogP contribution in [0.25, 0.3) is 0 Å². The minimum atomic E-state index is -1.04. The van der Waals surface area contributed by atoms with E-state index in [4.69, 9.17) is 0 Å². The molecule has 0 radical (unpaired) electrons. The highest BCUT2D eigenvalue weighted by atomic mass is 16.4. The standard InChI is InChI=1S/C21H25NO3/c1-3-19(21(24)25)20(23)16(2)22(14-17-10-6-4-7-11-17)15-18-12-8-5-9-13-18/h4-13,16,19H,3,14-15H2,1-2H3,(H,24,25)/t16-,19?/m0/s1. The normalized spacial score (nSPS) is 13.4. The van der Waals surface area contributed by atoms with E-state index in [1.165, 1.54) is 0 Å². The lowest BCUT2D eigenvalue weighted by Gasteiger charge is -2.30. The van der Waals surface area contributed by atoms with Gasteiger partial charge in [0.05, 0.1) is 6.04 Å². The SMILES string of the molecule is CCC(C(=O)O)C(=O)[C@H](C)N(Cc1ccccc1)Cc1ccccc1. The van der Waals surface area contributed by atoms with Crippen molar-refractivity contribution in [2.75, 3.05) is 0 Å². The number of rotatable bonds is 9. The molecule has 0 bridgehead atoms. The molecule has 2 aromatic rings. The van der Waals surface area contributed by atoms with Crippen molar-refractivity contribution < 1.29 is 14.7 Å². The van der Waals surface area contributed by atoms with E-state index >= 15 is 0 Å². The molecule has 0 saturated heterocycles. The zero-order valence-electron chi connectivity index (χ0n) is 14.8. The first-order valence-corrected chi connectivity index (χ1v) is 8.61. The maximum absolute atomic E-state index is 12.7. The predicted molar refractivity (Wildman–Crippen MR) is 98.0 cm³/mol. The number of Topliss-reactive ketones (excluding diaryl/α,β-unsaturated/α-hetero) is 1. The molecule has 0 aliphatic carbocycles. The molecule has 2 aromatic carbocycles. The fourth-order valence-electron chi connectivity index (χ4n) is 2.93. The monoisotopic (exact) mass is 339 g/mol. The summed E-state index contributed by atoms with van der Waals surface area (Å²) in [6.07, 6.45) is 0.309. The van der Waals surface area contributed by atoms with Gasteiger partial charge in [0.1, 0.15) is 5.92 Å². The van der Waals surface area contributed by atoms with Crippen LogP contribution in [0.5, 0.6) is 0 Å². The average molecular weight is 339 g/mol. The molecule has 0 aliphatic heterocycles. The zero-order chi connectivity index (χ0) is 18.2. The van der Waals surface area contributed by atoms with Crippen LogP contribution in [0, 0.1) is 5.92 Å². The molecule has 4 heteroatoms. The van der Waals surface area contributed by atoms with Gasteiger partial charge in [-0.3, -0.25) is 14.5 Å². The minimum absolute atomic E-state index is 0.234. The number of hydrogen-bond donors (Lipinski definition) is 1. The van der Waals surface area contributed by atoms with Crippen molar-refractivity contribution in [2.45, 2.75) is 39.4 Å². The van der Waals surface area contributed by atoms with E-state index in [-0.39, 0.29) is 5.78 Å². The molecule has 1 unspecified atom stereocenters. The van der Waals surface area contributed by atoms with E-state index in [2.05, 4.69) is 0 Å². The Bertz CT molecular complexity index is 643. The number of carboxylic acid groups (broad SMARTS) is 1. The second kappa shape index (κ2) is 9.14. The summed E-state index contributed by atoms with van der Waals surface area (Å²) in [5.41, 5.74) is 2.20. The first kappa shape index (κ1) is 18.9. The van der Waals surface area contributed by atoms with Gasteiger partial charge in [0.25, 0.3) is 0 Å². The highest BCUT2D eigenvalue weighted by molar-refractivity contribution is 6.00. The topological polar surface area (TPSA) is 57.6 Å². The quantitative estimate of drug-likeness (QED) is 0.707. The highest BCUT2D eigenvalue weighted by Gasteiger charge is 2.31. The molecule has 0 aliphatic rings. The van der Waals surface area contributed by atoms with Crippen LogP contribution < -0.4 is 0 Å². The minimum Gasteiger partial charge on any atom is -0.481 e. The van der Waals surface area contributed by atoms with Crippen LogP contribution in [-0.4, -0.2) is 27.8 Å². The number of carbonyl (C=O) groups is 2. The number of ketones is 1. The number of benzene rings is 2. The van der Waals surface area contributed by atoms with Gasteiger partial charge < -0.3 is 5.11 Å². The molecule has 1 N–H and O–H groups in total. The third-order valence-electron chi connectivity index (χ3n) is 4.47. The molecule has 0 heterocycles. The third kappa shape index (κ3) is 5.26. The zero-order valence-corrected chi connectivity index (χ0v) is 14.8. The van der Waals surface area contributed by atoms with Crippen molar-refractivity contribution in [3.63, 3.8) is 0 Å². The van der Waals surface area contributed by atoms with E-state index in [1.54, 1.807) is 13.8 Å². The van der Waals surface area contributed by atoms with Crippen molar-refractivity contribution in [3.05, 3.63) is 71.8 Å². The maximum Gasteiger partial charge on any atom is 0.314 e. The van der Waals surface area contributed by atoms with Crippen LogP contribution in [-0.2, 0) is 22.7 Å². The summed E-state index contributed by atoms with van der Waals surface area (Å²) in [4.78, 5) is 26.1. The molecule has 132 valence electrons. The molecule has 2 rings (SSSR count). The molecule has 4 nitrogen and oxygen atoms in total. The lowest BCUT2D eigenvalue weighted by molar-refractivity contribution is -0.148. The number of aliphatic carboxylic acids is 1. The summed E-state index contributed by atoms with van der Waals surface area (Å²) in [5, 5.41) is 9.31. The van der Waals surface area contributed by atoms with Gasteiger partial charge in [-0.1, -0.05) is 67.6 Å². The summed E-state index contributed by atoms with van der Waals surface area (Å²) in [5.74, 6) is -2.23. The number of carbonyl (C=O) groups excluding carboxylic acids is 1. The Morgan fingerprint density at radius 3 is 1.72 bits per heavy atom. The van der Waals surface area contributed by atoms with Gasteiger partial charge in [-0.25, -0.2) is 0 Å². The van der Waals surface area contributed by atoms with Gasteiger partial charge in [0, 0.05) is 13.1 Å². The van der Waals surface area contributed by atoms with Gasteiger partial charge in [-0.05, 0) is 24.5 Å². The number of hydrogen-bond acceptors (Lipinski definition) is 3. The Balaban J connectivity index is 2.23. The van der Waals surface area contributed by atoms with Gasteiger partial charge in [-0.2, -0.15) is 0 Å². The smallest absolute Gasteiger partial charge is 0.314 e. The van der Waals surface area contributed by atoms with Crippen molar-refractivity contribution in [1.82, 2.24) is 4.90 Å². The van der Waals surface area contributed by atoms with Crippen LogP contribution in [0.3, 0.4) is 0 Å². The fraction of sp³-hybridized carbons (Fsp3) is 0.333. The Morgan fingerprint density at radius 2 is 1.36 bits per heavy atom. The van der Waals surface area contributed by atoms with E-state index in [1.807, 2.05) is 65.6 Å². The first-order valence-electron chi connectivity index (χ1n) is 8.61. The van der Waals surface area contributed by atoms with Crippen molar-refractivity contribution in [3.8, 4) is 0 Å². The molecular weight excluding hydrogens is 314 g/mol. The lowest BCUT2D eigenvalue weighted by Crippen LogP contribution is -2.43. The number of carboxylic acids is 1. The molecule has 0 spiro atoms. The van der Waals surface area contributed by atoms with Gasteiger partial charge in [0.15, 0.2) is 5.78 Å². The van der Waals surface area contributed by atoms with Crippen molar-refractivity contribution in [1.29, 1.82) is 0 Å². The molecule has 0 aromatic heterocycles. The van der Waals surface area contributed by atoms with Gasteiger partial charge in [0.2, 0.25) is 0 Å². The molecule has 2 atom stereocenters. The first-order chi connectivity index (χ1) is 12.0. The second-order valence-corrected chi connectivity index (χ2v) is 6.25. The Labute approximate surface area is 149 Å². The van der Waals surface area contributed by atoms with Crippen LogP contribution in [0.4, 0.5) is 0 Å². The second-order valence-electron chi connectivity index (χ2n) is 6.25. The van der Waals surface area contributed by atoms with Crippen LogP contribution in [0.15, 0.2) is 60.7 Å². The maximum atomic E-state index is 12.7. The van der Waals surface area contributed by atoms with E-state index in [0.717, 1.165) is 11.1 Å².